The van der Waals surface area contributed by atoms with Gasteiger partial charge in [-0.2, -0.15) is 0 Å². The molecule has 1 fully saturated rings. The van der Waals surface area contributed by atoms with E-state index in [9.17, 15) is 13.2 Å². The van der Waals surface area contributed by atoms with E-state index < -0.39 is 17.5 Å². The Morgan fingerprint density at radius 1 is 1.19 bits per heavy atom. The summed E-state index contributed by atoms with van der Waals surface area (Å²) in [5, 5.41) is 0. The second-order valence-corrected chi connectivity index (χ2v) is 5.46. The predicted octanol–water partition coefficient (Wildman–Crippen LogP) is 3.00. The molecule has 1 aliphatic carbocycles. The van der Waals surface area contributed by atoms with E-state index in [1.54, 1.807) is 6.20 Å². The summed E-state index contributed by atoms with van der Waals surface area (Å²) in [4.78, 5) is 6.39. The number of imidazole rings is 1. The van der Waals surface area contributed by atoms with Crippen molar-refractivity contribution in [1.82, 2.24) is 14.5 Å². The van der Waals surface area contributed by atoms with Gasteiger partial charge in [-0.15, -0.1) is 0 Å². The maximum absolute atomic E-state index is 13.3. The fourth-order valence-corrected chi connectivity index (χ4v) is 2.42. The Hall–Kier alpha value is -1.82. The Morgan fingerprint density at radius 2 is 1.86 bits per heavy atom. The van der Waals surface area contributed by atoms with Crippen LogP contribution in [0.3, 0.4) is 0 Å². The van der Waals surface area contributed by atoms with Gasteiger partial charge in [0.25, 0.3) is 0 Å². The highest BCUT2D eigenvalue weighted by molar-refractivity contribution is 5.19. The van der Waals surface area contributed by atoms with Gasteiger partial charge in [0, 0.05) is 32.0 Å². The SMILES string of the molecule is Cn1ccnc1CN(Cc1cc(F)c(F)c(F)c1)C1CC1. The Bertz CT molecular complexity index is 626. The van der Waals surface area contributed by atoms with Crippen molar-refractivity contribution < 1.29 is 13.2 Å². The molecule has 2 aromatic rings. The van der Waals surface area contributed by atoms with Gasteiger partial charge in [0.1, 0.15) is 5.82 Å². The zero-order valence-electron chi connectivity index (χ0n) is 11.7. The average Bonchev–Trinajstić information content (AvgIpc) is 3.20. The van der Waals surface area contributed by atoms with Crippen molar-refractivity contribution in [3.05, 3.63) is 53.4 Å². The van der Waals surface area contributed by atoms with E-state index in [0.717, 1.165) is 30.8 Å². The topological polar surface area (TPSA) is 21.1 Å². The summed E-state index contributed by atoms with van der Waals surface area (Å²) in [6.07, 6.45) is 5.71. The highest BCUT2D eigenvalue weighted by atomic mass is 19.2. The molecule has 0 radical (unpaired) electrons. The first-order chi connectivity index (χ1) is 10.0. The smallest absolute Gasteiger partial charge is 0.194 e. The summed E-state index contributed by atoms with van der Waals surface area (Å²) >= 11 is 0. The third-order valence-corrected chi connectivity index (χ3v) is 3.76. The molecule has 3 rings (SSSR count). The van der Waals surface area contributed by atoms with Crippen LogP contribution in [0.5, 0.6) is 0 Å². The molecule has 0 aliphatic heterocycles. The maximum atomic E-state index is 13.3. The first-order valence-electron chi connectivity index (χ1n) is 6.88. The highest BCUT2D eigenvalue weighted by Crippen LogP contribution is 2.30. The van der Waals surface area contributed by atoms with Crippen molar-refractivity contribution in [2.75, 3.05) is 0 Å². The number of hydrogen-bond donors (Lipinski definition) is 0. The second kappa shape index (κ2) is 5.52. The average molecular weight is 295 g/mol. The number of rotatable bonds is 5. The van der Waals surface area contributed by atoms with E-state index in [-0.39, 0.29) is 0 Å². The normalized spacial score (nSPS) is 14.9. The second-order valence-electron chi connectivity index (χ2n) is 5.46. The van der Waals surface area contributed by atoms with Gasteiger partial charge in [0.2, 0.25) is 0 Å². The fraction of sp³-hybridized carbons (Fsp3) is 0.400. The molecule has 3 nitrogen and oxygen atoms in total. The molecule has 0 atom stereocenters. The Labute approximate surface area is 121 Å². The van der Waals surface area contributed by atoms with E-state index in [1.165, 1.54) is 0 Å². The van der Waals surface area contributed by atoms with Crippen molar-refractivity contribution in [3.63, 3.8) is 0 Å². The van der Waals surface area contributed by atoms with E-state index in [0.29, 0.717) is 24.7 Å². The Balaban J connectivity index is 1.78. The summed E-state index contributed by atoms with van der Waals surface area (Å²) in [5.41, 5.74) is 0.438. The van der Waals surface area contributed by atoms with Crippen molar-refractivity contribution >= 4 is 0 Å². The minimum atomic E-state index is -1.42. The van der Waals surface area contributed by atoms with Crippen LogP contribution in [0.15, 0.2) is 24.5 Å². The van der Waals surface area contributed by atoms with Crippen LogP contribution < -0.4 is 0 Å². The largest absolute Gasteiger partial charge is 0.337 e. The van der Waals surface area contributed by atoms with E-state index in [1.807, 2.05) is 17.8 Å². The molecule has 21 heavy (non-hydrogen) atoms. The molecule has 1 aliphatic rings. The lowest BCUT2D eigenvalue weighted by atomic mass is 10.2. The quantitative estimate of drug-likeness (QED) is 0.791. The molecule has 0 bridgehead atoms. The number of aryl methyl sites for hydroxylation is 1. The molecule has 6 heteroatoms. The van der Waals surface area contributed by atoms with Crippen LogP contribution in [-0.4, -0.2) is 20.5 Å². The van der Waals surface area contributed by atoms with Crippen LogP contribution in [-0.2, 0) is 20.1 Å². The van der Waals surface area contributed by atoms with Crippen molar-refractivity contribution in [2.45, 2.75) is 32.0 Å². The minimum absolute atomic E-state index is 0.381. The molecule has 0 amide bonds. The van der Waals surface area contributed by atoms with E-state index in [4.69, 9.17) is 0 Å². The number of benzene rings is 1. The molecule has 1 aromatic heterocycles. The van der Waals surface area contributed by atoms with Gasteiger partial charge < -0.3 is 4.57 Å². The van der Waals surface area contributed by atoms with Crippen LogP contribution in [0.25, 0.3) is 0 Å². The molecule has 1 heterocycles. The number of aromatic nitrogens is 2. The Kier molecular flexibility index (Phi) is 3.71. The molecular weight excluding hydrogens is 279 g/mol. The first-order valence-corrected chi connectivity index (χ1v) is 6.88. The third kappa shape index (κ3) is 3.10. The van der Waals surface area contributed by atoms with Crippen molar-refractivity contribution in [3.8, 4) is 0 Å². The standard InChI is InChI=1S/C15H16F3N3/c1-20-5-4-19-14(20)9-21(11-2-3-11)8-10-6-12(16)15(18)13(17)7-10/h4-7,11H,2-3,8-9H2,1H3. The van der Waals surface area contributed by atoms with Gasteiger partial charge in [-0.25, -0.2) is 18.2 Å². The van der Waals surface area contributed by atoms with E-state index in [2.05, 4.69) is 9.88 Å². The van der Waals surface area contributed by atoms with Gasteiger partial charge in [0.15, 0.2) is 17.5 Å². The molecule has 0 N–H and O–H groups in total. The lowest BCUT2D eigenvalue weighted by molar-refractivity contribution is 0.236. The molecule has 112 valence electrons. The molecule has 1 saturated carbocycles. The number of nitrogens with zero attached hydrogens (tertiary/aromatic N) is 3. The van der Waals surface area contributed by atoms with Crippen LogP contribution >= 0.6 is 0 Å². The predicted molar refractivity (Wildman–Crippen MR) is 71.8 cm³/mol. The molecule has 1 aromatic carbocycles. The van der Waals surface area contributed by atoms with Crippen LogP contribution in [0.4, 0.5) is 13.2 Å². The van der Waals surface area contributed by atoms with Gasteiger partial charge >= 0.3 is 0 Å². The monoisotopic (exact) mass is 295 g/mol. The van der Waals surface area contributed by atoms with Gasteiger partial charge in [-0.3, -0.25) is 4.90 Å². The lowest BCUT2D eigenvalue weighted by Gasteiger charge is -2.22. The highest BCUT2D eigenvalue weighted by Gasteiger charge is 2.30. The zero-order chi connectivity index (χ0) is 15.0. The summed E-state index contributed by atoms with van der Waals surface area (Å²) in [6.45, 7) is 0.987. The number of hydrogen-bond acceptors (Lipinski definition) is 2. The van der Waals surface area contributed by atoms with E-state index >= 15 is 0 Å². The molecule has 0 unspecified atom stereocenters. The van der Waals surface area contributed by atoms with Gasteiger partial charge in [0.05, 0.1) is 6.54 Å². The zero-order valence-corrected chi connectivity index (χ0v) is 11.7. The molecule has 0 saturated heterocycles. The summed E-state index contributed by atoms with van der Waals surface area (Å²) in [5.74, 6) is -2.80. The fourth-order valence-electron chi connectivity index (χ4n) is 2.42. The maximum Gasteiger partial charge on any atom is 0.194 e. The summed E-state index contributed by atoms with van der Waals surface area (Å²) < 4.78 is 41.5. The number of halogens is 3. The molecular formula is C15H16F3N3. The van der Waals surface area contributed by atoms with Crippen LogP contribution in [0, 0.1) is 17.5 Å². The van der Waals surface area contributed by atoms with Crippen molar-refractivity contribution in [2.24, 2.45) is 7.05 Å². The lowest BCUT2D eigenvalue weighted by Crippen LogP contribution is -2.26. The third-order valence-electron chi connectivity index (χ3n) is 3.76. The first kappa shape index (κ1) is 14.1. The van der Waals surface area contributed by atoms with Crippen LogP contribution in [0.1, 0.15) is 24.2 Å². The van der Waals surface area contributed by atoms with Gasteiger partial charge in [-0.1, -0.05) is 0 Å². The Morgan fingerprint density at radius 3 is 2.38 bits per heavy atom. The van der Waals surface area contributed by atoms with Crippen LogP contribution in [0.2, 0.25) is 0 Å². The summed E-state index contributed by atoms with van der Waals surface area (Å²) in [6, 6.07) is 2.52. The summed E-state index contributed by atoms with van der Waals surface area (Å²) in [7, 11) is 1.91. The molecule has 0 spiro atoms. The van der Waals surface area contributed by atoms with Gasteiger partial charge in [-0.05, 0) is 30.5 Å². The van der Waals surface area contributed by atoms with Crippen molar-refractivity contribution in [1.29, 1.82) is 0 Å². The minimum Gasteiger partial charge on any atom is -0.337 e.